The highest BCUT2D eigenvalue weighted by atomic mass is 16.6. The van der Waals surface area contributed by atoms with E-state index in [2.05, 4.69) is 13.8 Å². The normalized spacial score (nSPS) is 39.1. The number of carbonyl (C=O) groups is 4. The molecule has 2 saturated carbocycles. The van der Waals surface area contributed by atoms with Gasteiger partial charge in [-0.2, -0.15) is 0 Å². The minimum absolute atomic E-state index is 0.0444. The number of ether oxygens (including phenoxy) is 3. The summed E-state index contributed by atoms with van der Waals surface area (Å²) in [4.78, 5) is 50.9. The standard InChI is InChI=1S/C28H40O7/c1-14(2)26(32)34-24-17(5)13-28(35-19(7)30)21(24)10-15(3)11-22(33-18(6)29)23-20(27(23,8)9)12-16(4)25(28)31/h10,12,14,17,20-24H,11,13H2,1-9H3/b15-10+,16-12+/t17-,20+,21-,22+,23+,24-,28+/m0/s1. The van der Waals surface area contributed by atoms with E-state index >= 15 is 0 Å². The summed E-state index contributed by atoms with van der Waals surface area (Å²) in [6.45, 7) is 16.0. The number of esters is 3. The van der Waals surface area contributed by atoms with Crippen molar-refractivity contribution < 1.29 is 33.4 Å². The Hall–Kier alpha value is -2.44. The van der Waals surface area contributed by atoms with Crippen LogP contribution in [-0.4, -0.2) is 41.5 Å². The lowest BCUT2D eigenvalue weighted by molar-refractivity contribution is -0.170. The number of ketones is 1. The first-order valence-corrected chi connectivity index (χ1v) is 12.6. The van der Waals surface area contributed by atoms with Crippen LogP contribution in [0.1, 0.15) is 75.2 Å². The Bertz CT molecular complexity index is 972. The summed E-state index contributed by atoms with van der Waals surface area (Å²) in [5.41, 5.74) is -0.209. The van der Waals surface area contributed by atoms with Gasteiger partial charge in [-0.15, -0.1) is 0 Å². The first-order valence-electron chi connectivity index (χ1n) is 12.6. The molecule has 3 rings (SSSR count). The fourth-order valence-electron chi connectivity index (χ4n) is 6.27. The highest BCUT2D eigenvalue weighted by molar-refractivity contribution is 6.03. The molecule has 0 unspecified atom stereocenters. The molecule has 0 radical (unpaired) electrons. The lowest BCUT2D eigenvalue weighted by Crippen LogP contribution is -2.49. The number of hydrogen-bond acceptors (Lipinski definition) is 7. The van der Waals surface area contributed by atoms with Crippen molar-refractivity contribution in [1.29, 1.82) is 0 Å². The van der Waals surface area contributed by atoms with Crippen LogP contribution in [-0.2, 0) is 33.4 Å². The highest BCUT2D eigenvalue weighted by Crippen LogP contribution is 2.63. The molecule has 194 valence electrons. The molecule has 7 atom stereocenters. The number of carbonyl (C=O) groups excluding carboxylic acids is 4. The second-order valence-electron chi connectivity index (χ2n) is 11.7. The molecule has 0 saturated heterocycles. The summed E-state index contributed by atoms with van der Waals surface area (Å²) in [6.07, 6.45) is 3.62. The van der Waals surface area contributed by atoms with Crippen LogP contribution in [0.4, 0.5) is 0 Å². The van der Waals surface area contributed by atoms with Crippen LogP contribution in [0.2, 0.25) is 0 Å². The SMILES string of the molecule is CC(=O)O[C@@H]1C/C(C)=C/[C@H]2[C@@H](OC(=O)C(C)C)[C@@H](C)C[C@]2(OC(C)=O)C(=O)/C(C)=C/[C@@H]2[C@H]1C2(C)C. The van der Waals surface area contributed by atoms with Crippen molar-refractivity contribution in [1.82, 2.24) is 0 Å². The van der Waals surface area contributed by atoms with Crippen LogP contribution in [0.3, 0.4) is 0 Å². The predicted molar refractivity (Wildman–Crippen MR) is 130 cm³/mol. The van der Waals surface area contributed by atoms with Crippen LogP contribution in [0, 0.1) is 35.0 Å². The largest absolute Gasteiger partial charge is 0.462 e. The Morgan fingerprint density at radius 2 is 1.63 bits per heavy atom. The highest BCUT2D eigenvalue weighted by Gasteiger charge is 2.63. The molecule has 0 aromatic carbocycles. The minimum Gasteiger partial charge on any atom is -0.462 e. The average Bonchev–Trinajstić information content (AvgIpc) is 3.16. The number of rotatable bonds is 4. The molecule has 0 amide bonds. The van der Waals surface area contributed by atoms with Gasteiger partial charge < -0.3 is 14.2 Å². The van der Waals surface area contributed by atoms with Crippen molar-refractivity contribution >= 4 is 23.7 Å². The quantitative estimate of drug-likeness (QED) is 0.325. The Labute approximate surface area is 208 Å². The third-order valence-electron chi connectivity index (χ3n) is 8.00. The molecule has 2 fully saturated rings. The predicted octanol–water partition coefficient (Wildman–Crippen LogP) is 4.58. The van der Waals surface area contributed by atoms with Gasteiger partial charge in [-0.25, -0.2) is 0 Å². The Morgan fingerprint density at radius 3 is 2.17 bits per heavy atom. The maximum atomic E-state index is 14.1. The summed E-state index contributed by atoms with van der Waals surface area (Å²) in [5.74, 6) is -2.60. The Morgan fingerprint density at radius 1 is 1.00 bits per heavy atom. The Balaban J connectivity index is 2.17. The number of Topliss-reactive ketones (excluding diaryl/α,β-unsaturated/α-hetero) is 1. The number of hydrogen-bond donors (Lipinski definition) is 0. The second-order valence-corrected chi connectivity index (χ2v) is 11.7. The van der Waals surface area contributed by atoms with Crippen molar-refractivity contribution in [2.45, 2.75) is 93.0 Å². The molecule has 0 spiro atoms. The molecule has 0 bridgehead atoms. The van der Waals surface area contributed by atoms with Gasteiger partial charge in [0.05, 0.1) is 11.8 Å². The van der Waals surface area contributed by atoms with E-state index < -0.39 is 23.6 Å². The van der Waals surface area contributed by atoms with Gasteiger partial charge >= 0.3 is 17.9 Å². The summed E-state index contributed by atoms with van der Waals surface area (Å²) < 4.78 is 17.6. The maximum absolute atomic E-state index is 14.1. The molecular formula is C28H40O7. The number of fused-ring (bicyclic) bond motifs is 2. The fourth-order valence-corrected chi connectivity index (χ4v) is 6.27. The van der Waals surface area contributed by atoms with Crippen LogP contribution < -0.4 is 0 Å². The molecule has 0 aromatic heterocycles. The zero-order valence-corrected chi connectivity index (χ0v) is 22.5. The molecule has 0 N–H and O–H groups in total. The number of allylic oxidation sites excluding steroid dienone is 1. The van der Waals surface area contributed by atoms with E-state index in [-0.39, 0.29) is 59.3 Å². The van der Waals surface area contributed by atoms with Crippen molar-refractivity contribution in [2.24, 2.45) is 35.0 Å². The third kappa shape index (κ3) is 5.10. The van der Waals surface area contributed by atoms with Crippen LogP contribution >= 0.6 is 0 Å². The molecule has 0 heterocycles. The summed E-state index contributed by atoms with van der Waals surface area (Å²) in [5, 5.41) is 0. The van der Waals surface area contributed by atoms with Crippen molar-refractivity contribution in [3.8, 4) is 0 Å². The van der Waals surface area contributed by atoms with Crippen molar-refractivity contribution in [2.75, 3.05) is 0 Å². The molecule has 3 aliphatic carbocycles. The topological polar surface area (TPSA) is 96.0 Å². The smallest absolute Gasteiger partial charge is 0.308 e. The van der Waals surface area contributed by atoms with Gasteiger partial charge in [0.15, 0.2) is 5.60 Å². The molecule has 7 heteroatoms. The van der Waals surface area contributed by atoms with Gasteiger partial charge in [0.1, 0.15) is 12.2 Å². The molecule has 3 aliphatic rings. The summed E-state index contributed by atoms with van der Waals surface area (Å²) in [6, 6.07) is 0. The van der Waals surface area contributed by atoms with E-state index in [0.29, 0.717) is 12.0 Å². The summed E-state index contributed by atoms with van der Waals surface area (Å²) >= 11 is 0. The van der Waals surface area contributed by atoms with Crippen LogP contribution in [0.5, 0.6) is 0 Å². The van der Waals surface area contributed by atoms with Gasteiger partial charge in [0, 0.05) is 32.6 Å². The maximum Gasteiger partial charge on any atom is 0.308 e. The average molecular weight is 489 g/mol. The van der Waals surface area contributed by atoms with Gasteiger partial charge in [0.25, 0.3) is 0 Å². The molecule has 0 aromatic rings. The van der Waals surface area contributed by atoms with Gasteiger partial charge in [0.2, 0.25) is 5.78 Å². The first kappa shape index (κ1) is 27.2. The van der Waals surface area contributed by atoms with E-state index in [0.717, 1.165) is 5.57 Å². The van der Waals surface area contributed by atoms with E-state index in [1.165, 1.54) is 13.8 Å². The van der Waals surface area contributed by atoms with Gasteiger partial charge in [-0.3, -0.25) is 19.2 Å². The lowest BCUT2D eigenvalue weighted by atomic mass is 9.81. The van der Waals surface area contributed by atoms with E-state index in [1.54, 1.807) is 20.8 Å². The zero-order valence-electron chi connectivity index (χ0n) is 22.5. The van der Waals surface area contributed by atoms with Gasteiger partial charge in [-0.1, -0.05) is 52.3 Å². The minimum atomic E-state index is -1.47. The van der Waals surface area contributed by atoms with Crippen LogP contribution in [0.25, 0.3) is 0 Å². The van der Waals surface area contributed by atoms with E-state index in [4.69, 9.17) is 14.2 Å². The van der Waals surface area contributed by atoms with Gasteiger partial charge in [-0.05, 0) is 36.7 Å². The van der Waals surface area contributed by atoms with Crippen molar-refractivity contribution in [3.05, 3.63) is 23.3 Å². The molecule has 0 aliphatic heterocycles. The van der Waals surface area contributed by atoms with Crippen molar-refractivity contribution in [3.63, 3.8) is 0 Å². The van der Waals surface area contributed by atoms with E-state index in [1.807, 2.05) is 26.0 Å². The first-order chi connectivity index (χ1) is 16.1. The third-order valence-corrected chi connectivity index (χ3v) is 8.00. The molecular weight excluding hydrogens is 448 g/mol. The Kier molecular flexibility index (Phi) is 7.41. The fraction of sp³-hybridized carbons (Fsp3) is 0.714. The molecule has 35 heavy (non-hydrogen) atoms. The van der Waals surface area contributed by atoms with E-state index in [9.17, 15) is 19.2 Å². The zero-order chi connectivity index (χ0) is 26.5. The van der Waals surface area contributed by atoms with Crippen LogP contribution in [0.15, 0.2) is 23.3 Å². The lowest BCUT2D eigenvalue weighted by Gasteiger charge is -2.34. The molecule has 7 nitrogen and oxygen atoms in total. The second kappa shape index (κ2) is 9.55. The monoisotopic (exact) mass is 488 g/mol. The summed E-state index contributed by atoms with van der Waals surface area (Å²) in [7, 11) is 0.